The second-order valence-corrected chi connectivity index (χ2v) is 5.87. The molecule has 5 heteroatoms. The second-order valence-electron chi connectivity index (χ2n) is 5.08. The summed E-state index contributed by atoms with van der Waals surface area (Å²) in [5.41, 5.74) is 6.12. The Morgan fingerprint density at radius 2 is 1.85 bits per heavy atom. The number of carboxylic acids is 1. The summed E-state index contributed by atoms with van der Waals surface area (Å²) in [7, 11) is 1.84. The molecule has 0 spiro atoms. The number of carboxylic acid groups (broad SMARTS) is 1. The van der Waals surface area contributed by atoms with E-state index in [4.69, 9.17) is 5.11 Å². The highest BCUT2D eigenvalue weighted by Crippen LogP contribution is 2.35. The molecule has 2 rings (SSSR count). The molecule has 0 radical (unpaired) electrons. The number of carbonyl (C=O) groups is 1. The Hall–Kier alpha value is -1.62. The van der Waals surface area contributed by atoms with Crippen molar-refractivity contribution in [3.8, 4) is 11.3 Å². The number of rotatable bonds is 3. The topological polar surface area (TPSA) is 55.1 Å². The van der Waals surface area contributed by atoms with Crippen molar-refractivity contribution in [1.82, 2.24) is 9.78 Å². The van der Waals surface area contributed by atoms with E-state index in [0.717, 1.165) is 26.9 Å². The molecule has 0 fully saturated rings. The quantitative estimate of drug-likeness (QED) is 0.934. The van der Waals surface area contributed by atoms with E-state index in [2.05, 4.69) is 53.9 Å². The molecule has 0 bridgehead atoms. The molecule has 0 saturated carbocycles. The van der Waals surface area contributed by atoms with Gasteiger partial charge in [-0.3, -0.25) is 9.48 Å². The molecule has 2 aromatic rings. The maximum atomic E-state index is 10.9. The summed E-state index contributed by atoms with van der Waals surface area (Å²) in [4.78, 5) is 10.9. The van der Waals surface area contributed by atoms with Gasteiger partial charge in [0.2, 0.25) is 0 Å². The van der Waals surface area contributed by atoms with Crippen molar-refractivity contribution in [3.63, 3.8) is 0 Å². The number of aryl methyl sites for hydroxylation is 4. The van der Waals surface area contributed by atoms with Crippen molar-refractivity contribution < 1.29 is 9.90 Å². The van der Waals surface area contributed by atoms with Crippen molar-refractivity contribution in [1.29, 1.82) is 0 Å². The second kappa shape index (κ2) is 5.40. The van der Waals surface area contributed by atoms with Crippen molar-refractivity contribution in [2.45, 2.75) is 27.2 Å². The molecule has 0 atom stereocenters. The largest absolute Gasteiger partial charge is 0.481 e. The van der Waals surface area contributed by atoms with Gasteiger partial charge < -0.3 is 5.11 Å². The minimum Gasteiger partial charge on any atom is -0.481 e. The molecule has 1 heterocycles. The van der Waals surface area contributed by atoms with Crippen LogP contribution in [0.25, 0.3) is 11.3 Å². The highest BCUT2D eigenvalue weighted by Gasteiger charge is 2.20. The van der Waals surface area contributed by atoms with Crippen LogP contribution in [0, 0.1) is 20.8 Å². The number of hydrogen-bond acceptors (Lipinski definition) is 2. The van der Waals surface area contributed by atoms with Crippen LogP contribution < -0.4 is 0 Å². The summed E-state index contributed by atoms with van der Waals surface area (Å²) in [5, 5.41) is 13.3. The average Bonchev–Trinajstić information content (AvgIpc) is 2.54. The summed E-state index contributed by atoms with van der Waals surface area (Å²) in [6, 6.07) is 4.25. The fourth-order valence-corrected chi connectivity index (χ4v) is 3.31. The minimum atomic E-state index is -0.882. The van der Waals surface area contributed by atoms with E-state index < -0.39 is 5.97 Å². The summed E-state index contributed by atoms with van der Waals surface area (Å²) in [6.07, 6.45) is -0.0849. The highest BCUT2D eigenvalue weighted by molar-refractivity contribution is 9.10. The van der Waals surface area contributed by atoms with Crippen LogP contribution in [0.2, 0.25) is 0 Å². The molecule has 20 heavy (non-hydrogen) atoms. The number of aromatic nitrogens is 2. The van der Waals surface area contributed by atoms with E-state index in [9.17, 15) is 4.79 Å². The van der Waals surface area contributed by atoms with Gasteiger partial charge in [-0.25, -0.2) is 0 Å². The lowest BCUT2D eigenvalue weighted by molar-refractivity contribution is -0.136. The molecular weight excluding hydrogens is 320 g/mol. The lowest BCUT2D eigenvalue weighted by Crippen LogP contribution is -2.02. The Morgan fingerprint density at radius 3 is 2.35 bits per heavy atom. The maximum Gasteiger partial charge on any atom is 0.309 e. The van der Waals surface area contributed by atoms with E-state index in [1.807, 2.05) is 7.05 Å². The Morgan fingerprint density at radius 1 is 1.30 bits per heavy atom. The first-order valence-corrected chi connectivity index (χ1v) is 7.12. The smallest absolute Gasteiger partial charge is 0.309 e. The molecule has 4 nitrogen and oxygen atoms in total. The number of benzene rings is 1. The van der Waals surface area contributed by atoms with Gasteiger partial charge in [-0.1, -0.05) is 17.7 Å². The number of nitrogens with zero attached hydrogens (tertiary/aromatic N) is 2. The number of halogens is 1. The SMILES string of the molecule is Cc1cc(C)c(-c2c(Br)c(CC(=O)O)nn2C)c(C)c1. The van der Waals surface area contributed by atoms with Crippen molar-refractivity contribution in [2.24, 2.45) is 7.05 Å². The molecule has 106 valence electrons. The standard InChI is InChI=1S/C15H17BrN2O2/c1-8-5-9(2)13(10(3)6-8)15-14(16)11(7-12(19)20)17-18(15)4/h5-6H,7H2,1-4H3,(H,19,20). The predicted molar refractivity (Wildman–Crippen MR) is 81.9 cm³/mol. The molecule has 0 aliphatic rings. The summed E-state index contributed by atoms with van der Waals surface area (Å²) < 4.78 is 2.50. The van der Waals surface area contributed by atoms with Crippen LogP contribution in [0.4, 0.5) is 0 Å². The van der Waals surface area contributed by atoms with Crippen LogP contribution in [0.5, 0.6) is 0 Å². The Balaban J connectivity index is 2.65. The van der Waals surface area contributed by atoms with Crippen molar-refractivity contribution in [2.75, 3.05) is 0 Å². The van der Waals surface area contributed by atoms with Gasteiger partial charge in [0.15, 0.2) is 0 Å². The van der Waals surface area contributed by atoms with Crippen molar-refractivity contribution in [3.05, 3.63) is 39.0 Å². The van der Waals surface area contributed by atoms with Crippen LogP contribution >= 0.6 is 15.9 Å². The summed E-state index contributed by atoms with van der Waals surface area (Å²) in [6.45, 7) is 6.19. The molecular formula is C15H17BrN2O2. The van der Waals surface area contributed by atoms with Crippen molar-refractivity contribution >= 4 is 21.9 Å². The third kappa shape index (κ3) is 2.63. The lowest BCUT2D eigenvalue weighted by Gasteiger charge is -2.12. The fraction of sp³-hybridized carbons (Fsp3) is 0.333. The van der Waals surface area contributed by atoms with Gasteiger partial charge in [0.25, 0.3) is 0 Å². The number of hydrogen-bond donors (Lipinski definition) is 1. The van der Waals surface area contributed by atoms with E-state index >= 15 is 0 Å². The molecule has 1 N–H and O–H groups in total. The van der Waals surface area contributed by atoms with Crippen LogP contribution in [0.1, 0.15) is 22.4 Å². The number of aliphatic carboxylic acids is 1. The zero-order chi connectivity index (χ0) is 15.0. The van der Waals surface area contributed by atoms with Crippen LogP contribution in [0.3, 0.4) is 0 Å². The highest BCUT2D eigenvalue weighted by atomic mass is 79.9. The van der Waals surface area contributed by atoms with E-state index in [1.165, 1.54) is 5.56 Å². The van der Waals surface area contributed by atoms with Gasteiger partial charge in [-0.05, 0) is 47.8 Å². The third-order valence-electron chi connectivity index (χ3n) is 3.29. The van der Waals surface area contributed by atoms with E-state index in [1.54, 1.807) is 4.68 Å². The Labute approximate surface area is 126 Å². The predicted octanol–water partition coefficient (Wildman–Crippen LogP) is 3.40. The first-order chi connectivity index (χ1) is 9.31. The van der Waals surface area contributed by atoms with Gasteiger partial charge in [0.05, 0.1) is 22.3 Å². The first-order valence-electron chi connectivity index (χ1n) is 6.32. The molecule has 1 aromatic carbocycles. The Bertz CT molecular complexity index is 666. The van der Waals surface area contributed by atoms with Gasteiger partial charge in [-0.15, -0.1) is 0 Å². The van der Waals surface area contributed by atoms with Gasteiger partial charge >= 0.3 is 5.97 Å². The molecule has 0 aliphatic carbocycles. The normalized spacial score (nSPS) is 10.8. The summed E-state index contributed by atoms with van der Waals surface area (Å²) in [5.74, 6) is -0.882. The third-order valence-corrected chi connectivity index (χ3v) is 4.12. The minimum absolute atomic E-state index is 0.0849. The zero-order valence-corrected chi connectivity index (χ0v) is 13.6. The Kier molecular flexibility index (Phi) is 3.99. The molecule has 0 amide bonds. The van der Waals surface area contributed by atoms with Crippen LogP contribution in [-0.4, -0.2) is 20.9 Å². The van der Waals surface area contributed by atoms with Crippen LogP contribution in [0.15, 0.2) is 16.6 Å². The molecule has 1 aromatic heterocycles. The maximum absolute atomic E-state index is 10.9. The monoisotopic (exact) mass is 336 g/mol. The molecule has 0 aliphatic heterocycles. The first kappa shape index (κ1) is 14.8. The van der Waals surface area contributed by atoms with Crippen LogP contribution in [-0.2, 0) is 18.3 Å². The van der Waals surface area contributed by atoms with Gasteiger partial charge in [0.1, 0.15) is 0 Å². The van der Waals surface area contributed by atoms with E-state index in [-0.39, 0.29) is 6.42 Å². The summed E-state index contributed by atoms with van der Waals surface area (Å²) >= 11 is 3.51. The molecule has 0 unspecified atom stereocenters. The van der Waals surface area contributed by atoms with Gasteiger partial charge in [0, 0.05) is 12.6 Å². The lowest BCUT2D eigenvalue weighted by atomic mass is 9.97. The molecule has 0 saturated heterocycles. The average molecular weight is 337 g/mol. The fourth-order valence-electron chi connectivity index (χ4n) is 2.63. The van der Waals surface area contributed by atoms with Gasteiger partial charge in [-0.2, -0.15) is 5.10 Å². The zero-order valence-electron chi connectivity index (χ0n) is 12.0. The van der Waals surface area contributed by atoms with E-state index in [0.29, 0.717) is 5.69 Å².